The van der Waals surface area contributed by atoms with Crippen molar-refractivity contribution in [1.29, 1.82) is 0 Å². The largest absolute Gasteiger partial charge is 0.494 e. The van der Waals surface area contributed by atoms with Crippen LogP contribution in [0.25, 0.3) is 0 Å². The zero-order valence-corrected chi connectivity index (χ0v) is 21.3. The van der Waals surface area contributed by atoms with Crippen molar-refractivity contribution in [2.24, 2.45) is 5.92 Å². The molecule has 0 radical (unpaired) electrons. The van der Waals surface area contributed by atoms with Crippen LogP contribution in [0.1, 0.15) is 51.2 Å². The molecule has 1 spiro atoms. The van der Waals surface area contributed by atoms with E-state index in [1.54, 1.807) is 6.20 Å². The number of carbonyl (C=O) groups excluding carboxylic acids is 2. The number of rotatable bonds is 10. The Morgan fingerprint density at radius 1 is 1.09 bits per heavy atom. The fourth-order valence-corrected chi connectivity index (χ4v) is 5.32. The lowest BCUT2D eigenvalue weighted by Crippen LogP contribution is -2.57. The second-order valence-electron chi connectivity index (χ2n) is 10.1. The van der Waals surface area contributed by atoms with E-state index in [4.69, 9.17) is 4.74 Å². The maximum Gasteiger partial charge on any atom is 0.327 e. The molecule has 3 heterocycles. The normalized spacial score (nSPS) is 18.2. The molecule has 2 fully saturated rings. The van der Waals surface area contributed by atoms with E-state index >= 15 is 0 Å². The van der Waals surface area contributed by atoms with E-state index in [1.165, 1.54) is 4.90 Å². The number of hydrogen-bond donors (Lipinski definition) is 0. The lowest BCUT2D eigenvalue weighted by molar-refractivity contribution is -0.135. The Kier molecular flexibility index (Phi) is 8.06. The number of aromatic nitrogens is 1. The highest BCUT2D eigenvalue weighted by molar-refractivity contribution is 6.07. The number of nitrogens with zero attached hydrogens (tertiary/aromatic N) is 4. The maximum absolute atomic E-state index is 13.7. The number of pyridine rings is 1. The number of ether oxygens (including phenoxy) is 1. The number of aryl methyl sites for hydroxylation is 1. The van der Waals surface area contributed by atoms with Gasteiger partial charge in [0.1, 0.15) is 11.3 Å². The van der Waals surface area contributed by atoms with Crippen LogP contribution in [0, 0.1) is 5.92 Å². The number of hydrogen-bond acceptors (Lipinski definition) is 5. The highest BCUT2D eigenvalue weighted by Gasteiger charge is 2.57. The van der Waals surface area contributed by atoms with Crippen LogP contribution in [0.2, 0.25) is 0 Å². The lowest BCUT2D eigenvalue weighted by atomic mass is 9.85. The van der Waals surface area contributed by atoms with Crippen LogP contribution in [0.15, 0.2) is 48.8 Å². The van der Waals surface area contributed by atoms with Crippen LogP contribution in [-0.4, -0.2) is 69.9 Å². The molecule has 0 bridgehead atoms. The van der Waals surface area contributed by atoms with Crippen molar-refractivity contribution in [3.63, 3.8) is 0 Å². The van der Waals surface area contributed by atoms with Crippen LogP contribution in [0.3, 0.4) is 0 Å². The minimum Gasteiger partial charge on any atom is -0.494 e. The van der Waals surface area contributed by atoms with Gasteiger partial charge in [-0.15, -0.1) is 0 Å². The van der Waals surface area contributed by atoms with E-state index < -0.39 is 5.54 Å². The van der Waals surface area contributed by atoms with Crippen molar-refractivity contribution in [3.05, 3.63) is 59.9 Å². The molecule has 2 aromatic rings. The van der Waals surface area contributed by atoms with Crippen molar-refractivity contribution >= 4 is 11.9 Å². The molecule has 1 aromatic heterocycles. The molecule has 1 aromatic carbocycles. The van der Waals surface area contributed by atoms with Gasteiger partial charge in [-0.25, -0.2) is 4.79 Å². The number of piperidine rings is 1. The fraction of sp³-hybridized carbons (Fsp3) is 0.536. The van der Waals surface area contributed by atoms with E-state index in [-0.39, 0.29) is 11.9 Å². The van der Waals surface area contributed by atoms with E-state index in [0.717, 1.165) is 49.4 Å². The highest BCUT2D eigenvalue weighted by atomic mass is 16.5. The number of carbonyl (C=O) groups is 2. The molecule has 0 aliphatic carbocycles. The number of benzene rings is 1. The summed E-state index contributed by atoms with van der Waals surface area (Å²) >= 11 is 0. The van der Waals surface area contributed by atoms with Gasteiger partial charge >= 0.3 is 6.03 Å². The molecule has 0 atom stereocenters. The summed E-state index contributed by atoms with van der Waals surface area (Å²) in [4.78, 5) is 37.1. The third-order valence-corrected chi connectivity index (χ3v) is 7.09. The third kappa shape index (κ3) is 5.50. The Balaban J connectivity index is 1.44. The molecular weight excluding hydrogens is 440 g/mol. The summed E-state index contributed by atoms with van der Waals surface area (Å²) in [5.74, 6) is 1.21. The summed E-state index contributed by atoms with van der Waals surface area (Å²) in [6.45, 7) is 10.2. The maximum atomic E-state index is 13.7. The average molecular weight is 479 g/mol. The predicted octanol–water partition coefficient (Wildman–Crippen LogP) is 4.37. The van der Waals surface area contributed by atoms with E-state index in [9.17, 15) is 9.59 Å². The quantitative estimate of drug-likeness (QED) is 0.475. The Morgan fingerprint density at radius 3 is 2.54 bits per heavy atom. The number of urea groups is 1. The average Bonchev–Trinajstić information content (AvgIpc) is 3.04. The summed E-state index contributed by atoms with van der Waals surface area (Å²) in [6, 6.07) is 12.0. The molecule has 2 aliphatic heterocycles. The topological polar surface area (TPSA) is 66.0 Å². The van der Waals surface area contributed by atoms with Gasteiger partial charge < -0.3 is 9.64 Å². The third-order valence-electron chi connectivity index (χ3n) is 7.09. The molecule has 35 heavy (non-hydrogen) atoms. The molecule has 2 aliphatic rings. The Bertz CT molecular complexity index is 1000. The van der Waals surface area contributed by atoms with Gasteiger partial charge in [0.25, 0.3) is 5.91 Å². The number of imide groups is 1. The lowest BCUT2D eigenvalue weighted by Gasteiger charge is -2.42. The van der Waals surface area contributed by atoms with Crippen molar-refractivity contribution in [2.75, 3.05) is 32.8 Å². The van der Waals surface area contributed by atoms with Crippen molar-refractivity contribution in [1.82, 2.24) is 19.7 Å². The molecular formula is C28H38N4O3. The first-order valence-corrected chi connectivity index (χ1v) is 12.9. The van der Waals surface area contributed by atoms with Gasteiger partial charge in [-0.2, -0.15) is 0 Å². The molecule has 7 heteroatoms. The first-order valence-electron chi connectivity index (χ1n) is 12.9. The van der Waals surface area contributed by atoms with Crippen molar-refractivity contribution in [3.8, 4) is 5.75 Å². The molecule has 3 amide bonds. The highest BCUT2D eigenvalue weighted by Crippen LogP contribution is 2.38. The number of para-hydroxylation sites is 1. The van der Waals surface area contributed by atoms with E-state index in [2.05, 4.69) is 29.8 Å². The van der Waals surface area contributed by atoms with Crippen LogP contribution in [0.5, 0.6) is 5.75 Å². The zero-order valence-electron chi connectivity index (χ0n) is 21.3. The van der Waals surface area contributed by atoms with Gasteiger partial charge in [0.05, 0.1) is 6.61 Å². The molecule has 2 saturated heterocycles. The van der Waals surface area contributed by atoms with Gasteiger partial charge in [0.2, 0.25) is 0 Å². The summed E-state index contributed by atoms with van der Waals surface area (Å²) in [6.07, 6.45) is 6.48. The van der Waals surface area contributed by atoms with Crippen LogP contribution >= 0.6 is 0 Å². The molecule has 0 saturated carbocycles. The minimum absolute atomic E-state index is 0.0105. The van der Waals surface area contributed by atoms with Crippen molar-refractivity contribution < 1.29 is 14.3 Å². The van der Waals surface area contributed by atoms with Crippen LogP contribution in [-0.2, 0) is 17.8 Å². The molecule has 7 nitrogen and oxygen atoms in total. The summed E-state index contributed by atoms with van der Waals surface area (Å²) in [5.41, 5.74) is 1.57. The van der Waals surface area contributed by atoms with Gasteiger partial charge in [-0.1, -0.05) is 38.1 Å². The molecule has 4 rings (SSSR count). The Morgan fingerprint density at radius 2 is 1.86 bits per heavy atom. The smallest absolute Gasteiger partial charge is 0.327 e. The van der Waals surface area contributed by atoms with Gasteiger partial charge in [-0.3, -0.25) is 19.6 Å². The standard InChI is InChI=1S/C28H38N4O3/c1-4-35-25-12-6-5-11-24(25)21-30-17-13-28(14-18-30)26(33)31(27(34)32(28)20-22(2)3)16-8-10-23-9-7-15-29-19-23/h5-7,9,11-12,15,19,22H,4,8,10,13-14,16-18,20-21H2,1-3H3. The SMILES string of the molecule is CCOc1ccccc1CN1CCC2(CC1)C(=O)N(CCCc1cccnc1)C(=O)N2CC(C)C. The van der Waals surface area contributed by atoms with Gasteiger partial charge in [0.15, 0.2) is 0 Å². The summed E-state index contributed by atoms with van der Waals surface area (Å²) in [5, 5.41) is 0. The summed E-state index contributed by atoms with van der Waals surface area (Å²) in [7, 11) is 0. The van der Waals surface area contributed by atoms with Crippen LogP contribution < -0.4 is 4.74 Å². The Labute approximate surface area is 209 Å². The first-order chi connectivity index (χ1) is 16.9. The Hall–Kier alpha value is -2.93. The number of amides is 3. The first kappa shape index (κ1) is 25.2. The van der Waals surface area contributed by atoms with Gasteiger partial charge in [0, 0.05) is 50.7 Å². The van der Waals surface area contributed by atoms with E-state index in [0.29, 0.717) is 38.5 Å². The van der Waals surface area contributed by atoms with Gasteiger partial charge in [-0.05, 0) is 56.2 Å². The molecule has 0 unspecified atom stereocenters. The van der Waals surface area contributed by atoms with Crippen molar-refractivity contribution in [2.45, 2.75) is 58.5 Å². The predicted molar refractivity (Wildman–Crippen MR) is 136 cm³/mol. The second kappa shape index (κ2) is 11.2. The number of likely N-dealkylation sites (tertiary alicyclic amines) is 1. The monoisotopic (exact) mass is 478 g/mol. The second-order valence-corrected chi connectivity index (χ2v) is 10.1. The summed E-state index contributed by atoms with van der Waals surface area (Å²) < 4.78 is 5.80. The molecule has 0 N–H and O–H groups in total. The zero-order chi connectivity index (χ0) is 24.8. The minimum atomic E-state index is -0.717. The molecule has 188 valence electrons. The van der Waals surface area contributed by atoms with Crippen LogP contribution in [0.4, 0.5) is 4.79 Å². The fourth-order valence-electron chi connectivity index (χ4n) is 5.32. The van der Waals surface area contributed by atoms with E-state index in [1.807, 2.05) is 48.4 Å².